The fourth-order valence-electron chi connectivity index (χ4n) is 2.18. The van der Waals surface area contributed by atoms with Crippen molar-refractivity contribution in [1.82, 2.24) is 9.97 Å². The van der Waals surface area contributed by atoms with Gasteiger partial charge in [-0.05, 0) is 29.3 Å². The van der Waals surface area contributed by atoms with E-state index in [9.17, 15) is 8.76 Å². The fraction of sp³-hybridized carbons (Fsp3) is 0.0588. The third-order valence-electron chi connectivity index (χ3n) is 3.29. The van der Waals surface area contributed by atoms with Gasteiger partial charge in [0, 0.05) is 35.5 Å². The maximum Gasteiger partial charge on any atom is 0.0717 e. The van der Waals surface area contributed by atoms with E-state index in [1.807, 2.05) is 54.7 Å². The predicted molar refractivity (Wildman–Crippen MR) is 85.5 cm³/mol. The largest absolute Gasteiger partial charge is 0.772 e. The minimum Gasteiger partial charge on any atom is -0.772 e. The van der Waals surface area contributed by atoms with Crippen LogP contribution in [0.2, 0.25) is 0 Å². The lowest BCUT2D eigenvalue weighted by atomic mass is 10.1. The minimum absolute atomic E-state index is 0.0402. The normalized spacial score (nSPS) is 12.0. The van der Waals surface area contributed by atoms with Gasteiger partial charge >= 0.3 is 0 Å². The first kappa shape index (κ1) is 14.6. The molecule has 0 spiro atoms. The van der Waals surface area contributed by atoms with Crippen LogP contribution in [-0.4, -0.2) is 18.7 Å². The summed E-state index contributed by atoms with van der Waals surface area (Å²) in [6.45, 7) is 0. The third kappa shape index (κ3) is 3.44. The van der Waals surface area contributed by atoms with Gasteiger partial charge in [0.1, 0.15) is 0 Å². The summed E-state index contributed by atoms with van der Waals surface area (Å²) in [5, 5.41) is 0. The van der Waals surface area contributed by atoms with E-state index in [2.05, 4.69) is 9.97 Å². The van der Waals surface area contributed by atoms with Crippen LogP contribution in [0.1, 0.15) is 5.56 Å². The van der Waals surface area contributed by atoms with E-state index in [-0.39, 0.29) is 5.75 Å². The Hall–Kier alpha value is -2.37. The molecule has 1 unspecified atom stereocenters. The zero-order valence-electron chi connectivity index (χ0n) is 11.7. The van der Waals surface area contributed by atoms with Crippen LogP contribution in [0.3, 0.4) is 0 Å². The monoisotopic (exact) mass is 309 g/mol. The van der Waals surface area contributed by atoms with Gasteiger partial charge in [0.25, 0.3) is 0 Å². The topological polar surface area (TPSA) is 65.9 Å². The summed E-state index contributed by atoms with van der Waals surface area (Å²) < 4.78 is 21.4. The molecule has 1 aromatic carbocycles. The number of pyridine rings is 2. The van der Waals surface area contributed by atoms with Crippen molar-refractivity contribution in [3.63, 3.8) is 0 Å². The van der Waals surface area contributed by atoms with E-state index in [1.165, 1.54) is 0 Å². The van der Waals surface area contributed by atoms with Crippen LogP contribution in [0.4, 0.5) is 0 Å². The van der Waals surface area contributed by atoms with Crippen molar-refractivity contribution < 1.29 is 8.76 Å². The lowest BCUT2D eigenvalue weighted by Gasteiger charge is -2.07. The number of benzene rings is 1. The van der Waals surface area contributed by atoms with Crippen molar-refractivity contribution >= 4 is 11.1 Å². The van der Waals surface area contributed by atoms with E-state index in [0.29, 0.717) is 0 Å². The molecule has 0 radical (unpaired) electrons. The average Bonchev–Trinajstić information content (AvgIpc) is 2.56. The first-order valence-electron chi connectivity index (χ1n) is 6.74. The second-order valence-corrected chi connectivity index (χ2v) is 5.71. The van der Waals surface area contributed by atoms with Gasteiger partial charge in [-0.2, -0.15) is 0 Å². The molecule has 0 aliphatic heterocycles. The Morgan fingerprint density at radius 3 is 2.27 bits per heavy atom. The molecule has 22 heavy (non-hydrogen) atoms. The summed E-state index contributed by atoms with van der Waals surface area (Å²) in [6.07, 6.45) is 5.32. The van der Waals surface area contributed by atoms with Crippen molar-refractivity contribution in [2.24, 2.45) is 0 Å². The molecular formula is C17H13N2O2S-. The predicted octanol–water partition coefficient (Wildman–Crippen LogP) is 3.19. The number of nitrogens with zero attached hydrogens (tertiary/aromatic N) is 2. The second kappa shape index (κ2) is 6.60. The molecular weight excluding hydrogens is 296 g/mol. The average molecular weight is 309 g/mol. The Labute approximate surface area is 131 Å². The minimum atomic E-state index is -2.06. The summed E-state index contributed by atoms with van der Waals surface area (Å²) in [7, 11) is 0. The third-order valence-corrected chi connectivity index (χ3v) is 3.86. The molecule has 3 rings (SSSR count). The molecule has 0 amide bonds. The summed E-state index contributed by atoms with van der Waals surface area (Å²) in [5.74, 6) is 0.0402. The van der Waals surface area contributed by atoms with Gasteiger partial charge in [-0.3, -0.25) is 14.2 Å². The van der Waals surface area contributed by atoms with Crippen molar-refractivity contribution in [3.05, 3.63) is 72.7 Å². The van der Waals surface area contributed by atoms with Gasteiger partial charge < -0.3 is 4.55 Å². The van der Waals surface area contributed by atoms with Crippen LogP contribution in [0.15, 0.2) is 67.1 Å². The summed E-state index contributed by atoms with van der Waals surface area (Å²) in [5.41, 5.74) is 4.61. The van der Waals surface area contributed by atoms with E-state index >= 15 is 0 Å². The molecule has 2 aromatic heterocycles. The Balaban J connectivity index is 1.82. The van der Waals surface area contributed by atoms with E-state index in [4.69, 9.17) is 0 Å². The maximum absolute atomic E-state index is 10.7. The van der Waals surface area contributed by atoms with Gasteiger partial charge in [-0.1, -0.05) is 41.4 Å². The van der Waals surface area contributed by atoms with Crippen LogP contribution in [0.5, 0.6) is 0 Å². The Bertz CT molecular complexity index is 772. The van der Waals surface area contributed by atoms with E-state index < -0.39 is 11.1 Å². The van der Waals surface area contributed by atoms with Gasteiger partial charge in [-0.25, -0.2) is 0 Å². The molecule has 4 nitrogen and oxygen atoms in total. The number of hydrogen-bond acceptors (Lipinski definition) is 4. The maximum atomic E-state index is 10.7. The highest BCUT2D eigenvalue weighted by Gasteiger charge is 2.02. The second-order valence-electron chi connectivity index (χ2n) is 4.82. The van der Waals surface area contributed by atoms with Crippen molar-refractivity contribution in [3.8, 4) is 22.4 Å². The van der Waals surface area contributed by atoms with E-state index in [1.54, 1.807) is 12.4 Å². The zero-order valence-corrected chi connectivity index (χ0v) is 12.5. The molecule has 0 aliphatic carbocycles. The highest BCUT2D eigenvalue weighted by molar-refractivity contribution is 7.78. The van der Waals surface area contributed by atoms with Crippen LogP contribution in [0, 0.1) is 0 Å². The quantitative estimate of drug-likeness (QED) is 0.694. The fourth-order valence-corrected chi connectivity index (χ4v) is 2.64. The zero-order chi connectivity index (χ0) is 15.4. The van der Waals surface area contributed by atoms with Gasteiger partial charge in [0.05, 0.1) is 5.69 Å². The number of rotatable bonds is 4. The van der Waals surface area contributed by atoms with Crippen molar-refractivity contribution in [2.75, 3.05) is 0 Å². The lowest BCUT2D eigenvalue weighted by molar-refractivity contribution is 0.536. The molecule has 0 saturated heterocycles. The Morgan fingerprint density at radius 1 is 0.909 bits per heavy atom. The van der Waals surface area contributed by atoms with Crippen molar-refractivity contribution in [1.29, 1.82) is 0 Å². The van der Waals surface area contributed by atoms with E-state index in [0.717, 1.165) is 27.9 Å². The highest BCUT2D eigenvalue weighted by Crippen LogP contribution is 2.22. The summed E-state index contributed by atoms with van der Waals surface area (Å²) >= 11 is -2.06. The summed E-state index contributed by atoms with van der Waals surface area (Å²) in [6, 6.07) is 15.2. The van der Waals surface area contributed by atoms with Gasteiger partial charge in [0.15, 0.2) is 0 Å². The number of aromatic nitrogens is 2. The molecule has 0 aliphatic rings. The van der Waals surface area contributed by atoms with Crippen LogP contribution < -0.4 is 0 Å². The Morgan fingerprint density at radius 2 is 1.68 bits per heavy atom. The summed E-state index contributed by atoms with van der Waals surface area (Å²) in [4.78, 5) is 8.54. The molecule has 5 heteroatoms. The molecule has 110 valence electrons. The SMILES string of the molecule is O=S([O-])Cc1ccc(-c2ccc(-c3cccnc3)nc2)cc1. The molecule has 2 heterocycles. The first-order valence-corrected chi connectivity index (χ1v) is 7.98. The molecule has 0 N–H and O–H groups in total. The van der Waals surface area contributed by atoms with Crippen LogP contribution in [0.25, 0.3) is 22.4 Å². The highest BCUT2D eigenvalue weighted by atomic mass is 32.2. The first-order chi connectivity index (χ1) is 10.7. The van der Waals surface area contributed by atoms with Crippen LogP contribution in [-0.2, 0) is 16.8 Å². The smallest absolute Gasteiger partial charge is 0.0717 e. The molecule has 3 aromatic rings. The molecule has 0 saturated carbocycles. The van der Waals surface area contributed by atoms with Gasteiger partial charge in [-0.15, -0.1) is 0 Å². The van der Waals surface area contributed by atoms with Gasteiger partial charge in [0.2, 0.25) is 0 Å². The standard InChI is InChI=1S/C17H14N2O2S/c20-22(21)12-13-3-5-14(6-4-13)15-7-8-17(19-11-15)16-2-1-9-18-10-16/h1-11H,12H2,(H,20,21)/p-1. The molecule has 1 atom stereocenters. The molecule has 0 fully saturated rings. The molecule has 0 bridgehead atoms. The lowest BCUT2D eigenvalue weighted by Crippen LogP contribution is -1.93. The number of hydrogen-bond donors (Lipinski definition) is 0. The van der Waals surface area contributed by atoms with Crippen LogP contribution >= 0.6 is 0 Å². The van der Waals surface area contributed by atoms with Crippen molar-refractivity contribution in [2.45, 2.75) is 5.75 Å². The Kier molecular flexibility index (Phi) is 4.37.